The van der Waals surface area contributed by atoms with E-state index in [-0.39, 0.29) is 12.5 Å². The lowest BCUT2D eigenvalue weighted by Gasteiger charge is -2.26. The number of rotatable bonds is 7. The lowest BCUT2D eigenvalue weighted by atomic mass is 10.2. The van der Waals surface area contributed by atoms with E-state index in [0.29, 0.717) is 12.3 Å². The fourth-order valence-electron chi connectivity index (χ4n) is 2.26. The molecule has 0 bridgehead atoms. The van der Waals surface area contributed by atoms with Gasteiger partial charge in [-0.1, -0.05) is 15.9 Å². The first-order chi connectivity index (χ1) is 10.6. The summed E-state index contributed by atoms with van der Waals surface area (Å²) in [4.78, 5) is 14.1. The lowest BCUT2D eigenvalue weighted by molar-refractivity contribution is -0.123. The van der Waals surface area contributed by atoms with Crippen LogP contribution in [-0.2, 0) is 9.53 Å². The van der Waals surface area contributed by atoms with Crippen LogP contribution in [0.15, 0.2) is 22.7 Å². The van der Waals surface area contributed by atoms with Crippen molar-refractivity contribution in [2.45, 2.75) is 13.3 Å². The Morgan fingerprint density at radius 3 is 2.91 bits per heavy atom. The molecule has 1 saturated heterocycles. The van der Waals surface area contributed by atoms with E-state index < -0.39 is 0 Å². The van der Waals surface area contributed by atoms with E-state index in [1.807, 2.05) is 25.1 Å². The predicted octanol–water partition coefficient (Wildman–Crippen LogP) is 1.97. The molecule has 1 aliphatic heterocycles. The van der Waals surface area contributed by atoms with Gasteiger partial charge in [-0.15, -0.1) is 0 Å². The summed E-state index contributed by atoms with van der Waals surface area (Å²) < 4.78 is 11.8. The second-order valence-corrected chi connectivity index (χ2v) is 6.21. The number of hydrogen-bond acceptors (Lipinski definition) is 4. The van der Waals surface area contributed by atoms with Crippen molar-refractivity contribution in [2.24, 2.45) is 0 Å². The Labute approximate surface area is 140 Å². The first-order valence-corrected chi connectivity index (χ1v) is 8.40. The summed E-state index contributed by atoms with van der Waals surface area (Å²) in [5, 5.41) is 2.89. The maximum Gasteiger partial charge on any atom is 0.257 e. The van der Waals surface area contributed by atoms with Crippen molar-refractivity contribution < 1.29 is 14.3 Å². The van der Waals surface area contributed by atoms with Gasteiger partial charge >= 0.3 is 0 Å². The average molecular weight is 371 g/mol. The van der Waals surface area contributed by atoms with Gasteiger partial charge in [0.05, 0.1) is 13.2 Å². The molecule has 0 aromatic heterocycles. The van der Waals surface area contributed by atoms with Gasteiger partial charge in [0.1, 0.15) is 5.75 Å². The molecule has 5 nitrogen and oxygen atoms in total. The van der Waals surface area contributed by atoms with Crippen molar-refractivity contribution in [3.8, 4) is 5.75 Å². The zero-order valence-corrected chi connectivity index (χ0v) is 14.5. The highest BCUT2D eigenvalue weighted by Crippen LogP contribution is 2.21. The van der Waals surface area contributed by atoms with Gasteiger partial charge in [0.15, 0.2) is 6.61 Å². The van der Waals surface area contributed by atoms with E-state index in [0.717, 1.165) is 49.3 Å². The molecule has 0 aliphatic carbocycles. The van der Waals surface area contributed by atoms with Crippen LogP contribution in [0, 0.1) is 6.92 Å². The summed E-state index contributed by atoms with van der Waals surface area (Å²) in [7, 11) is 0. The van der Waals surface area contributed by atoms with E-state index in [1.54, 1.807) is 0 Å². The standard InChI is InChI=1S/C16H23BrN2O3/c1-13-11-14(3-4-15(13)17)22-12-16(20)18-5-2-6-19-7-9-21-10-8-19/h3-4,11H,2,5-10,12H2,1H3,(H,18,20). The van der Waals surface area contributed by atoms with Crippen LogP contribution < -0.4 is 10.1 Å². The maximum atomic E-state index is 11.7. The summed E-state index contributed by atoms with van der Waals surface area (Å²) in [6.07, 6.45) is 0.948. The third-order valence-electron chi connectivity index (χ3n) is 3.58. The molecule has 1 N–H and O–H groups in total. The van der Waals surface area contributed by atoms with Gasteiger partial charge in [-0.05, 0) is 43.7 Å². The molecule has 0 radical (unpaired) electrons. The molecule has 0 unspecified atom stereocenters. The van der Waals surface area contributed by atoms with Crippen LogP contribution in [0.3, 0.4) is 0 Å². The van der Waals surface area contributed by atoms with Crippen molar-refractivity contribution in [3.63, 3.8) is 0 Å². The van der Waals surface area contributed by atoms with E-state index in [4.69, 9.17) is 9.47 Å². The first-order valence-electron chi connectivity index (χ1n) is 7.61. The molecule has 1 fully saturated rings. The fourth-order valence-corrected chi connectivity index (χ4v) is 2.51. The van der Waals surface area contributed by atoms with Gasteiger partial charge in [-0.25, -0.2) is 0 Å². The summed E-state index contributed by atoms with van der Waals surface area (Å²) in [5.74, 6) is 0.631. The Kier molecular flexibility index (Phi) is 7.15. The van der Waals surface area contributed by atoms with Crippen molar-refractivity contribution in [3.05, 3.63) is 28.2 Å². The molecule has 22 heavy (non-hydrogen) atoms. The third-order valence-corrected chi connectivity index (χ3v) is 4.47. The zero-order valence-electron chi connectivity index (χ0n) is 12.9. The number of morpholine rings is 1. The first kappa shape index (κ1) is 17.2. The zero-order chi connectivity index (χ0) is 15.8. The second kappa shape index (κ2) is 9.12. The van der Waals surface area contributed by atoms with Gasteiger partial charge in [-0.2, -0.15) is 0 Å². The van der Waals surface area contributed by atoms with Crippen LogP contribution >= 0.6 is 15.9 Å². The third kappa shape index (κ3) is 5.94. The number of aryl methyl sites for hydroxylation is 1. The van der Waals surface area contributed by atoms with Crippen molar-refractivity contribution in [1.29, 1.82) is 0 Å². The van der Waals surface area contributed by atoms with Crippen LogP contribution in [0.2, 0.25) is 0 Å². The van der Waals surface area contributed by atoms with Crippen LogP contribution in [0.25, 0.3) is 0 Å². The molecule has 0 atom stereocenters. The van der Waals surface area contributed by atoms with E-state index in [9.17, 15) is 4.79 Å². The Hall–Kier alpha value is -1.11. The molecular formula is C16H23BrN2O3. The molecule has 0 saturated carbocycles. The SMILES string of the molecule is Cc1cc(OCC(=O)NCCCN2CCOCC2)ccc1Br. The molecule has 1 aromatic carbocycles. The molecule has 1 amide bonds. The summed E-state index contributed by atoms with van der Waals surface area (Å²) in [6.45, 7) is 7.32. The highest BCUT2D eigenvalue weighted by molar-refractivity contribution is 9.10. The highest BCUT2D eigenvalue weighted by Gasteiger charge is 2.09. The number of carbonyl (C=O) groups excluding carboxylic acids is 1. The minimum atomic E-state index is -0.0810. The Bertz CT molecular complexity index is 490. The maximum absolute atomic E-state index is 11.7. The minimum Gasteiger partial charge on any atom is -0.484 e. The van der Waals surface area contributed by atoms with Crippen molar-refractivity contribution >= 4 is 21.8 Å². The Morgan fingerprint density at radius 1 is 1.41 bits per heavy atom. The smallest absolute Gasteiger partial charge is 0.257 e. The minimum absolute atomic E-state index is 0.0542. The fraction of sp³-hybridized carbons (Fsp3) is 0.562. The molecule has 1 aliphatic rings. The molecule has 6 heteroatoms. The average Bonchev–Trinajstić information content (AvgIpc) is 2.54. The number of hydrogen-bond donors (Lipinski definition) is 1. The number of amides is 1. The highest BCUT2D eigenvalue weighted by atomic mass is 79.9. The predicted molar refractivity (Wildman–Crippen MR) is 89.3 cm³/mol. The van der Waals surface area contributed by atoms with Crippen LogP contribution in [0.4, 0.5) is 0 Å². The van der Waals surface area contributed by atoms with Gasteiger partial charge in [-0.3, -0.25) is 9.69 Å². The van der Waals surface area contributed by atoms with E-state index >= 15 is 0 Å². The van der Waals surface area contributed by atoms with Gasteiger partial charge < -0.3 is 14.8 Å². The molecule has 2 rings (SSSR count). The number of nitrogens with zero attached hydrogens (tertiary/aromatic N) is 1. The molecule has 1 heterocycles. The monoisotopic (exact) mass is 370 g/mol. The largest absolute Gasteiger partial charge is 0.484 e. The Balaban J connectivity index is 1.58. The molecule has 0 spiro atoms. The number of ether oxygens (including phenoxy) is 2. The molecule has 122 valence electrons. The summed E-state index contributed by atoms with van der Waals surface area (Å²) in [5.41, 5.74) is 1.09. The van der Waals surface area contributed by atoms with Gasteiger partial charge in [0.25, 0.3) is 5.91 Å². The normalized spacial score (nSPS) is 15.5. The van der Waals surface area contributed by atoms with Crippen LogP contribution in [0.5, 0.6) is 5.75 Å². The Morgan fingerprint density at radius 2 is 2.18 bits per heavy atom. The number of carbonyl (C=O) groups is 1. The summed E-state index contributed by atoms with van der Waals surface area (Å²) >= 11 is 3.44. The lowest BCUT2D eigenvalue weighted by Crippen LogP contribution is -2.38. The second-order valence-electron chi connectivity index (χ2n) is 5.36. The van der Waals surface area contributed by atoms with Gasteiger partial charge in [0, 0.05) is 24.1 Å². The van der Waals surface area contributed by atoms with Gasteiger partial charge in [0.2, 0.25) is 0 Å². The summed E-state index contributed by atoms with van der Waals surface area (Å²) in [6, 6.07) is 5.68. The van der Waals surface area contributed by atoms with E-state index in [2.05, 4.69) is 26.1 Å². The topological polar surface area (TPSA) is 50.8 Å². The van der Waals surface area contributed by atoms with Crippen LogP contribution in [-0.4, -0.2) is 56.8 Å². The van der Waals surface area contributed by atoms with Crippen LogP contribution in [0.1, 0.15) is 12.0 Å². The quantitative estimate of drug-likeness (QED) is 0.745. The number of benzene rings is 1. The molecular weight excluding hydrogens is 348 g/mol. The number of halogens is 1. The van der Waals surface area contributed by atoms with Crippen molar-refractivity contribution in [1.82, 2.24) is 10.2 Å². The number of nitrogens with one attached hydrogen (secondary N) is 1. The molecule has 1 aromatic rings. The van der Waals surface area contributed by atoms with E-state index in [1.165, 1.54) is 0 Å². The van der Waals surface area contributed by atoms with Crippen molar-refractivity contribution in [2.75, 3.05) is 46.0 Å².